The Morgan fingerprint density at radius 1 is 1.23 bits per heavy atom. The second-order valence-corrected chi connectivity index (χ2v) is 6.53. The molecule has 0 spiro atoms. The van der Waals surface area contributed by atoms with Crippen molar-refractivity contribution in [2.45, 2.75) is 11.8 Å². The van der Waals surface area contributed by atoms with E-state index in [1.165, 1.54) is 24.4 Å². The number of pyridine rings is 1. The highest BCUT2D eigenvalue weighted by Crippen LogP contribution is 2.24. The van der Waals surface area contributed by atoms with Crippen molar-refractivity contribution in [2.24, 2.45) is 0 Å². The highest BCUT2D eigenvalue weighted by Gasteiger charge is 2.22. The first-order valence-corrected chi connectivity index (χ1v) is 7.78. The van der Waals surface area contributed by atoms with Gasteiger partial charge in [-0.1, -0.05) is 18.2 Å². The summed E-state index contributed by atoms with van der Waals surface area (Å²) in [5.74, 6) is 0. The Morgan fingerprint density at radius 3 is 2.64 bits per heavy atom. The van der Waals surface area contributed by atoms with Gasteiger partial charge in [0.2, 0.25) is 0 Å². The van der Waals surface area contributed by atoms with Gasteiger partial charge in [-0.3, -0.25) is 10.1 Å². The number of benzene rings is 1. The molecule has 0 bridgehead atoms. The molecule has 8 heteroatoms. The molecule has 2 heterocycles. The minimum atomic E-state index is -3.80. The van der Waals surface area contributed by atoms with Crippen LogP contribution in [0.25, 0.3) is 11.0 Å². The number of rotatable bonds is 3. The average molecular weight is 317 g/mol. The van der Waals surface area contributed by atoms with Crippen LogP contribution in [-0.2, 0) is 10.0 Å². The lowest BCUT2D eigenvalue weighted by Gasteiger charge is -2.09. The van der Waals surface area contributed by atoms with Crippen molar-refractivity contribution in [3.63, 3.8) is 0 Å². The fraction of sp³-hybridized carbons (Fsp3) is 0.0714. The molecular weight excluding hydrogens is 306 g/mol. The molecule has 0 aliphatic heterocycles. The number of aromatic nitrogens is 2. The maximum Gasteiger partial charge on any atom is 0.288 e. The lowest BCUT2D eigenvalue weighted by molar-refractivity contribution is -0.385. The van der Waals surface area contributed by atoms with Crippen molar-refractivity contribution in [1.82, 2.24) is 8.96 Å². The van der Waals surface area contributed by atoms with E-state index in [-0.39, 0.29) is 16.2 Å². The van der Waals surface area contributed by atoms with Gasteiger partial charge in [-0.15, -0.1) is 0 Å². The molecule has 0 atom stereocenters. The van der Waals surface area contributed by atoms with E-state index in [4.69, 9.17) is 0 Å². The summed E-state index contributed by atoms with van der Waals surface area (Å²) in [6.07, 6.45) is 2.40. The fourth-order valence-corrected chi connectivity index (χ4v) is 3.77. The molecule has 0 saturated heterocycles. The zero-order chi connectivity index (χ0) is 15.9. The van der Waals surface area contributed by atoms with Gasteiger partial charge in [0.05, 0.1) is 9.82 Å². The third-order valence-corrected chi connectivity index (χ3v) is 5.15. The van der Waals surface area contributed by atoms with Crippen molar-refractivity contribution in [2.75, 3.05) is 0 Å². The Hall–Kier alpha value is -2.74. The van der Waals surface area contributed by atoms with Crippen molar-refractivity contribution < 1.29 is 13.3 Å². The molecule has 0 aliphatic rings. The van der Waals surface area contributed by atoms with Crippen LogP contribution in [0.1, 0.15) is 5.56 Å². The Kier molecular flexibility index (Phi) is 3.18. The quantitative estimate of drug-likeness (QED) is 0.546. The zero-order valence-corrected chi connectivity index (χ0v) is 12.3. The van der Waals surface area contributed by atoms with E-state index in [9.17, 15) is 18.5 Å². The van der Waals surface area contributed by atoms with E-state index >= 15 is 0 Å². The number of nitro groups is 1. The summed E-state index contributed by atoms with van der Waals surface area (Å²) in [5, 5.41) is 11.1. The molecule has 0 aliphatic carbocycles. The summed E-state index contributed by atoms with van der Waals surface area (Å²) in [4.78, 5) is 14.3. The SMILES string of the molecule is Cc1ccccc1S(=O)(=O)n1ccc2cc([N+](=O)[O-])cnc21. The molecule has 0 unspecified atom stereocenters. The van der Waals surface area contributed by atoms with Crippen LogP contribution < -0.4 is 0 Å². The van der Waals surface area contributed by atoms with Crippen LogP contribution >= 0.6 is 0 Å². The number of hydrogen-bond acceptors (Lipinski definition) is 5. The maximum atomic E-state index is 12.7. The molecule has 1 aromatic carbocycles. The molecule has 0 saturated carbocycles. The van der Waals surface area contributed by atoms with E-state index < -0.39 is 14.9 Å². The third-order valence-electron chi connectivity index (χ3n) is 3.32. The normalized spacial score (nSPS) is 11.7. The molecule has 0 fully saturated rings. The maximum absolute atomic E-state index is 12.7. The van der Waals surface area contributed by atoms with Gasteiger partial charge in [0.25, 0.3) is 15.7 Å². The predicted octanol–water partition coefficient (Wildman–Crippen LogP) is 2.49. The second kappa shape index (κ2) is 4.92. The Bertz CT molecular complexity index is 992. The van der Waals surface area contributed by atoms with Crippen molar-refractivity contribution in [3.8, 4) is 0 Å². The summed E-state index contributed by atoms with van der Waals surface area (Å²) in [6, 6.07) is 9.41. The summed E-state index contributed by atoms with van der Waals surface area (Å²) >= 11 is 0. The minimum Gasteiger partial charge on any atom is -0.258 e. The van der Waals surface area contributed by atoms with Crippen molar-refractivity contribution >= 4 is 26.7 Å². The lowest BCUT2D eigenvalue weighted by atomic mass is 10.2. The van der Waals surface area contributed by atoms with Gasteiger partial charge < -0.3 is 0 Å². The largest absolute Gasteiger partial charge is 0.288 e. The lowest BCUT2D eigenvalue weighted by Crippen LogP contribution is -2.13. The van der Waals surface area contributed by atoms with Gasteiger partial charge in [0.1, 0.15) is 6.20 Å². The van der Waals surface area contributed by atoms with Gasteiger partial charge in [0, 0.05) is 17.6 Å². The predicted molar refractivity (Wildman–Crippen MR) is 80.2 cm³/mol. The Morgan fingerprint density at radius 2 is 1.95 bits per heavy atom. The average Bonchev–Trinajstić information content (AvgIpc) is 2.91. The van der Waals surface area contributed by atoms with Crippen LogP contribution in [0.4, 0.5) is 5.69 Å². The summed E-state index contributed by atoms with van der Waals surface area (Å²) < 4.78 is 26.5. The van der Waals surface area contributed by atoms with Gasteiger partial charge in [-0.05, 0) is 24.6 Å². The third kappa shape index (κ3) is 2.13. The zero-order valence-electron chi connectivity index (χ0n) is 11.5. The first-order chi connectivity index (χ1) is 10.4. The monoisotopic (exact) mass is 317 g/mol. The fourth-order valence-electron chi connectivity index (χ4n) is 2.23. The highest BCUT2D eigenvalue weighted by molar-refractivity contribution is 7.90. The number of hydrogen-bond donors (Lipinski definition) is 0. The van der Waals surface area contributed by atoms with Crippen LogP contribution in [-0.4, -0.2) is 22.3 Å². The van der Waals surface area contributed by atoms with Gasteiger partial charge in [-0.25, -0.2) is 17.4 Å². The molecule has 0 radical (unpaired) electrons. The van der Waals surface area contributed by atoms with Crippen LogP contribution in [0.3, 0.4) is 0 Å². The van der Waals surface area contributed by atoms with Crippen molar-refractivity contribution in [1.29, 1.82) is 0 Å². The topological polar surface area (TPSA) is 95.1 Å². The van der Waals surface area contributed by atoms with Gasteiger partial charge in [-0.2, -0.15) is 0 Å². The standard InChI is InChI=1S/C14H11N3O4S/c1-10-4-2-3-5-13(10)22(20,21)16-7-6-11-8-12(17(18)19)9-15-14(11)16/h2-9H,1H3. The molecule has 0 N–H and O–H groups in total. The number of fused-ring (bicyclic) bond motifs is 1. The molecule has 112 valence electrons. The molecule has 7 nitrogen and oxygen atoms in total. The molecule has 2 aromatic heterocycles. The highest BCUT2D eigenvalue weighted by atomic mass is 32.2. The van der Waals surface area contributed by atoms with E-state index in [1.807, 2.05) is 0 Å². The van der Waals surface area contributed by atoms with Crippen LogP contribution in [0, 0.1) is 17.0 Å². The summed E-state index contributed by atoms with van der Waals surface area (Å²) in [6.45, 7) is 1.71. The van der Waals surface area contributed by atoms with E-state index in [2.05, 4.69) is 4.98 Å². The number of nitrogens with zero attached hydrogens (tertiary/aromatic N) is 3. The summed E-state index contributed by atoms with van der Waals surface area (Å²) in [7, 11) is -3.80. The number of aryl methyl sites for hydroxylation is 1. The molecule has 3 aromatic rings. The molecule has 22 heavy (non-hydrogen) atoms. The van der Waals surface area contributed by atoms with E-state index in [0.717, 1.165) is 10.2 Å². The second-order valence-electron chi connectivity index (χ2n) is 4.75. The van der Waals surface area contributed by atoms with Crippen LogP contribution in [0.2, 0.25) is 0 Å². The van der Waals surface area contributed by atoms with Gasteiger partial charge in [0.15, 0.2) is 5.65 Å². The molecule has 3 rings (SSSR count). The van der Waals surface area contributed by atoms with E-state index in [1.54, 1.807) is 25.1 Å². The summed E-state index contributed by atoms with van der Waals surface area (Å²) in [5.41, 5.74) is 0.596. The van der Waals surface area contributed by atoms with Crippen LogP contribution in [0.15, 0.2) is 53.7 Å². The smallest absolute Gasteiger partial charge is 0.258 e. The van der Waals surface area contributed by atoms with Crippen molar-refractivity contribution in [3.05, 3.63) is 64.5 Å². The minimum absolute atomic E-state index is 0.161. The van der Waals surface area contributed by atoms with E-state index in [0.29, 0.717) is 10.9 Å². The first kappa shape index (κ1) is 14.2. The molecule has 0 amide bonds. The Labute approximate surface area is 126 Å². The van der Waals surface area contributed by atoms with Gasteiger partial charge >= 0.3 is 0 Å². The first-order valence-electron chi connectivity index (χ1n) is 6.34. The van der Waals surface area contributed by atoms with Crippen LogP contribution in [0.5, 0.6) is 0 Å². The Balaban J connectivity index is 2.22. The molecular formula is C14H11N3O4S.